The van der Waals surface area contributed by atoms with Crippen molar-refractivity contribution in [3.63, 3.8) is 0 Å². The van der Waals surface area contributed by atoms with Gasteiger partial charge in [-0.1, -0.05) is 5.16 Å². The average molecular weight is 184 g/mol. The first-order valence-corrected chi connectivity index (χ1v) is 4.04. The molecule has 0 radical (unpaired) electrons. The van der Waals surface area contributed by atoms with Gasteiger partial charge in [-0.05, 0) is 13.8 Å². The molecule has 0 aliphatic carbocycles. The van der Waals surface area contributed by atoms with Crippen LogP contribution in [0.25, 0.3) is 0 Å². The Morgan fingerprint density at radius 3 is 3.00 bits per heavy atom. The SMILES string of the molecule is CCOC(=O)c1cc([C@H](C)N)no1. The number of aromatic nitrogens is 1. The van der Waals surface area contributed by atoms with Crippen molar-refractivity contribution in [2.45, 2.75) is 19.9 Å². The second-order valence-corrected chi connectivity index (χ2v) is 2.63. The highest BCUT2D eigenvalue weighted by Gasteiger charge is 2.15. The minimum atomic E-state index is -0.512. The Bertz CT molecular complexity index is 293. The van der Waals surface area contributed by atoms with Gasteiger partial charge in [0.2, 0.25) is 5.76 Å². The molecule has 0 bridgehead atoms. The summed E-state index contributed by atoms with van der Waals surface area (Å²) in [4.78, 5) is 11.1. The lowest BCUT2D eigenvalue weighted by Gasteiger charge is -1.95. The summed E-state index contributed by atoms with van der Waals surface area (Å²) in [7, 11) is 0. The summed E-state index contributed by atoms with van der Waals surface area (Å²) in [5.74, 6) is -0.420. The van der Waals surface area contributed by atoms with E-state index in [-0.39, 0.29) is 11.8 Å². The number of carbonyl (C=O) groups is 1. The van der Waals surface area contributed by atoms with Crippen LogP contribution in [0.1, 0.15) is 36.1 Å². The molecule has 1 atom stereocenters. The first-order valence-electron chi connectivity index (χ1n) is 4.04. The Kier molecular flexibility index (Phi) is 3.02. The van der Waals surface area contributed by atoms with Crippen LogP contribution in [0.3, 0.4) is 0 Å². The number of hydrogen-bond acceptors (Lipinski definition) is 5. The van der Waals surface area contributed by atoms with Gasteiger partial charge in [-0.2, -0.15) is 0 Å². The van der Waals surface area contributed by atoms with Crippen LogP contribution in [-0.2, 0) is 4.74 Å². The maximum absolute atomic E-state index is 11.1. The van der Waals surface area contributed by atoms with Crippen molar-refractivity contribution in [2.75, 3.05) is 6.61 Å². The topological polar surface area (TPSA) is 78.4 Å². The zero-order chi connectivity index (χ0) is 9.84. The lowest BCUT2D eigenvalue weighted by atomic mass is 10.2. The summed E-state index contributed by atoms with van der Waals surface area (Å²) in [6.45, 7) is 3.79. The molecule has 1 aromatic rings. The minimum absolute atomic E-state index is 0.0918. The third kappa shape index (κ3) is 2.29. The summed E-state index contributed by atoms with van der Waals surface area (Å²) >= 11 is 0. The summed E-state index contributed by atoms with van der Waals surface area (Å²) in [6, 6.07) is 1.25. The molecule has 5 nitrogen and oxygen atoms in total. The fourth-order valence-corrected chi connectivity index (χ4v) is 0.802. The van der Waals surface area contributed by atoms with Gasteiger partial charge >= 0.3 is 5.97 Å². The fourth-order valence-electron chi connectivity index (χ4n) is 0.802. The maximum atomic E-state index is 11.1. The molecule has 0 saturated carbocycles. The predicted molar refractivity (Wildman–Crippen MR) is 45.1 cm³/mol. The highest BCUT2D eigenvalue weighted by molar-refractivity contribution is 5.86. The van der Waals surface area contributed by atoms with Gasteiger partial charge in [-0.3, -0.25) is 0 Å². The summed E-state index contributed by atoms with van der Waals surface area (Å²) in [5.41, 5.74) is 6.07. The van der Waals surface area contributed by atoms with Gasteiger partial charge in [0.1, 0.15) is 5.69 Å². The van der Waals surface area contributed by atoms with E-state index in [9.17, 15) is 4.79 Å². The lowest BCUT2D eigenvalue weighted by molar-refractivity contribution is 0.0479. The van der Waals surface area contributed by atoms with Crippen LogP contribution in [0.5, 0.6) is 0 Å². The van der Waals surface area contributed by atoms with Crippen LogP contribution in [0.2, 0.25) is 0 Å². The fraction of sp³-hybridized carbons (Fsp3) is 0.500. The number of rotatable bonds is 3. The van der Waals surface area contributed by atoms with Crippen molar-refractivity contribution in [1.82, 2.24) is 5.16 Å². The molecule has 13 heavy (non-hydrogen) atoms. The largest absolute Gasteiger partial charge is 0.460 e. The predicted octanol–water partition coefficient (Wildman–Crippen LogP) is 0.871. The second kappa shape index (κ2) is 4.04. The molecular formula is C8H12N2O3. The minimum Gasteiger partial charge on any atom is -0.460 e. The zero-order valence-corrected chi connectivity index (χ0v) is 7.61. The molecule has 0 aliphatic rings. The molecule has 2 N–H and O–H groups in total. The summed E-state index contributed by atoms with van der Waals surface area (Å²) < 4.78 is 9.44. The molecule has 0 aromatic carbocycles. The van der Waals surface area contributed by atoms with Crippen molar-refractivity contribution in [3.05, 3.63) is 17.5 Å². The van der Waals surface area contributed by atoms with Crippen molar-refractivity contribution in [2.24, 2.45) is 5.73 Å². The van der Waals surface area contributed by atoms with E-state index < -0.39 is 5.97 Å². The normalized spacial score (nSPS) is 12.5. The number of hydrogen-bond donors (Lipinski definition) is 1. The molecule has 1 aromatic heterocycles. The van der Waals surface area contributed by atoms with E-state index in [0.29, 0.717) is 12.3 Å². The van der Waals surface area contributed by atoms with E-state index in [0.717, 1.165) is 0 Å². The molecule has 1 heterocycles. The monoisotopic (exact) mass is 184 g/mol. The molecule has 0 amide bonds. The van der Waals surface area contributed by atoms with Crippen LogP contribution in [0.15, 0.2) is 10.6 Å². The first kappa shape index (κ1) is 9.73. The van der Waals surface area contributed by atoms with Crippen LogP contribution in [-0.4, -0.2) is 17.7 Å². The highest BCUT2D eigenvalue weighted by Crippen LogP contribution is 2.10. The molecule has 5 heteroatoms. The highest BCUT2D eigenvalue weighted by atomic mass is 16.6. The lowest BCUT2D eigenvalue weighted by Crippen LogP contribution is -2.05. The maximum Gasteiger partial charge on any atom is 0.377 e. The van der Waals surface area contributed by atoms with E-state index in [1.807, 2.05) is 0 Å². The molecule has 0 fully saturated rings. The quantitative estimate of drug-likeness (QED) is 0.705. The molecule has 0 unspecified atom stereocenters. The van der Waals surface area contributed by atoms with E-state index in [1.165, 1.54) is 6.07 Å². The number of esters is 1. The molecule has 0 spiro atoms. The molecule has 72 valence electrons. The van der Waals surface area contributed by atoms with Gasteiger partial charge in [0.15, 0.2) is 0 Å². The van der Waals surface area contributed by atoms with Crippen molar-refractivity contribution >= 4 is 5.97 Å². The third-order valence-corrected chi connectivity index (χ3v) is 1.47. The summed E-state index contributed by atoms with van der Waals surface area (Å²) in [5, 5.41) is 3.62. The van der Waals surface area contributed by atoms with Crippen molar-refractivity contribution in [1.29, 1.82) is 0 Å². The number of ether oxygens (including phenoxy) is 1. The van der Waals surface area contributed by atoms with Crippen LogP contribution in [0.4, 0.5) is 0 Å². The Morgan fingerprint density at radius 2 is 2.54 bits per heavy atom. The molecule has 0 saturated heterocycles. The summed E-state index contributed by atoms with van der Waals surface area (Å²) in [6.07, 6.45) is 0. The van der Waals surface area contributed by atoms with Gasteiger partial charge in [0, 0.05) is 12.1 Å². The third-order valence-electron chi connectivity index (χ3n) is 1.47. The van der Waals surface area contributed by atoms with Crippen molar-refractivity contribution < 1.29 is 14.1 Å². The Balaban J connectivity index is 2.73. The standard InChI is InChI=1S/C8H12N2O3/c1-3-12-8(11)7-4-6(5(2)9)10-13-7/h4-5H,3,9H2,1-2H3/t5-/m0/s1. The van der Waals surface area contributed by atoms with Gasteiger partial charge in [0.25, 0.3) is 0 Å². The zero-order valence-electron chi connectivity index (χ0n) is 7.61. The average Bonchev–Trinajstić information content (AvgIpc) is 2.52. The van der Waals surface area contributed by atoms with E-state index in [2.05, 4.69) is 5.16 Å². The Labute approximate surface area is 75.8 Å². The number of carbonyl (C=O) groups excluding carboxylic acids is 1. The first-order chi connectivity index (χ1) is 6.15. The van der Waals surface area contributed by atoms with E-state index in [4.69, 9.17) is 15.0 Å². The van der Waals surface area contributed by atoms with Crippen LogP contribution < -0.4 is 5.73 Å². The van der Waals surface area contributed by atoms with E-state index in [1.54, 1.807) is 13.8 Å². The van der Waals surface area contributed by atoms with Gasteiger partial charge in [-0.15, -0.1) is 0 Å². The molecule has 0 aliphatic heterocycles. The van der Waals surface area contributed by atoms with Crippen LogP contribution in [0, 0.1) is 0 Å². The number of nitrogens with zero attached hydrogens (tertiary/aromatic N) is 1. The smallest absolute Gasteiger partial charge is 0.377 e. The van der Waals surface area contributed by atoms with Crippen molar-refractivity contribution in [3.8, 4) is 0 Å². The Hall–Kier alpha value is -1.36. The Morgan fingerprint density at radius 1 is 1.85 bits per heavy atom. The van der Waals surface area contributed by atoms with Crippen LogP contribution >= 0.6 is 0 Å². The van der Waals surface area contributed by atoms with E-state index >= 15 is 0 Å². The molecule has 1 rings (SSSR count). The second-order valence-electron chi connectivity index (χ2n) is 2.63. The van der Waals surface area contributed by atoms with Gasteiger partial charge in [-0.25, -0.2) is 4.79 Å². The van der Waals surface area contributed by atoms with Gasteiger partial charge in [0.05, 0.1) is 6.61 Å². The number of nitrogens with two attached hydrogens (primary N) is 1. The molecular weight excluding hydrogens is 172 g/mol. The van der Waals surface area contributed by atoms with Gasteiger partial charge < -0.3 is 15.0 Å².